The molecule has 1 N–H and O–H groups in total. The van der Waals surface area contributed by atoms with Crippen molar-refractivity contribution >= 4 is 33.2 Å². The Balaban J connectivity index is 1.59. The zero-order valence-corrected chi connectivity index (χ0v) is 19.6. The average Bonchev–Trinajstić information content (AvgIpc) is 3.43. The SMILES string of the molecule is Cc1ccc(NS(=O)(=O)c2ccc(Sc3nnnn3CC3CCCO3)c([N+](=O)[O-])c2)c(C)c1. The zero-order valence-electron chi connectivity index (χ0n) is 18.0. The summed E-state index contributed by atoms with van der Waals surface area (Å²) in [7, 11) is -4.03. The second kappa shape index (κ2) is 9.45. The molecule has 4 rings (SSSR count). The molecule has 33 heavy (non-hydrogen) atoms. The molecule has 0 aliphatic carbocycles. The number of nitro groups is 1. The monoisotopic (exact) mass is 490 g/mol. The Labute approximate surface area is 194 Å². The van der Waals surface area contributed by atoms with Gasteiger partial charge in [-0.15, -0.1) is 5.10 Å². The number of nitrogens with one attached hydrogen (secondary N) is 1. The molecule has 3 aromatic rings. The molecular formula is C20H22N6O5S2. The van der Waals surface area contributed by atoms with Crippen LogP contribution in [0.25, 0.3) is 0 Å². The molecule has 11 nitrogen and oxygen atoms in total. The molecule has 0 saturated carbocycles. The maximum atomic E-state index is 12.9. The third-order valence-electron chi connectivity index (χ3n) is 5.16. The van der Waals surface area contributed by atoms with E-state index in [2.05, 4.69) is 20.2 Å². The van der Waals surface area contributed by atoms with E-state index < -0.39 is 14.9 Å². The summed E-state index contributed by atoms with van der Waals surface area (Å²) in [5.41, 5.74) is 1.80. The van der Waals surface area contributed by atoms with E-state index in [-0.39, 0.29) is 21.6 Å². The van der Waals surface area contributed by atoms with Crippen LogP contribution >= 0.6 is 11.8 Å². The van der Waals surface area contributed by atoms with E-state index in [4.69, 9.17) is 4.74 Å². The minimum atomic E-state index is -4.03. The van der Waals surface area contributed by atoms with Crippen LogP contribution in [-0.2, 0) is 21.3 Å². The number of benzene rings is 2. The molecule has 174 valence electrons. The summed E-state index contributed by atoms with van der Waals surface area (Å²) < 4.78 is 35.4. The highest BCUT2D eigenvalue weighted by Crippen LogP contribution is 2.36. The number of nitro benzene ring substituents is 1. The molecule has 0 radical (unpaired) electrons. The minimum absolute atomic E-state index is 0.00772. The highest BCUT2D eigenvalue weighted by atomic mass is 32.2. The first-order valence-corrected chi connectivity index (χ1v) is 12.5. The van der Waals surface area contributed by atoms with Gasteiger partial charge in [-0.25, -0.2) is 13.1 Å². The standard InChI is InChI=1S/C20H22N6O5S2/c1-13-5-7-17(14(2)10-13)22-33(29,30)16-6-8-19(18(11-16)26(27)28)32-20-21-23-24-25(20)12-15-4-3-9-31-15/h5-8,10-11,15,22H,3-4,9,12H2,1-2H3. The highest BCUT2D eigenvalue weighted by molar-refractivity contribution is 7.99. The first kappa shape index (κ1) is 23.1. The van der Waals surface area contributed by atoms with Gasteiger partial charge in [0.2, 0.25) is 5.16 Å². The van der Waals surface area contributed by atoms with Crippen LogP contribution in [0.15, 0.2) is 51.3 Å². The van der Waals surface area contributed by atoms with E-state index in [9.17, 15) is 18.5 Å². The predicted molar refractivity (Wildman–Crippen MR) is 121 cm³/mol. The minimum Gasteiger partial charge on any atom is -0.376 e. The van der Waals surface area contributed by atoms with E-state index in [0.29, 0.717) is 24.0 Å². The van der Waals surface area contributed by atoms with Gasteiger partial charge in [-0.2, -0.15) is 0 Å². The number of nitrogens with zero attached hydrogens (tertiary/aromatic N) is 5. The second-order valence-corrected chi connectivity index (χ2v) is 10.4. The summed E-state index contributed by atoms with van der Waals surface area (Å²) in [4.78, 5) is 11.1. The third kappa shape index (κ3) is 5.31. The Hall–Kier alpha value is -3.03. The van der Waals surface area contributed by atoms with Gasteiger partial charge in [-0.1, -0.05) is 17.7 Å². The molecule has 0 amide bonds. The van der Waals surface area contributed by atoms with Crippen molar-refractivity contribution in [2.45, 2.75) is 54.3 Å². The van der Waals surface area contributed by atoms with E-state index in [1.807, 2.05) is 13.0 Å². The molecule has 2 aromatic carbocycles. The Kier molecular flexibility index (Phi) is 6.63. The molecule has 13 heteroatoms. The second-order valence-electron chi connectivity index (χ2n) is 7.69. The van der Waals surface area contributed by atoms with Crippen LogP contribution in [0.2, 0.25) is 0 Å². The van der Waals surface area contributed by atoms with Gasteiger partial charge in [0.05, 0.1) is 33.1 Å². The lowest BCUT2D eigenvalue weighted by Gasteiger charge is -2.12. The van der Waals surface area contributed by atoms with Crippen LogP contribution in [0.5, 0.6) is 0 Å². The quantitative estimate of drug-likeness (QED) is 0.371. The van der Waals surface area contributed by atoms with Gasteiger partial charge in [0.25, 0.3) is 15.7 Å². The summed E-state index contributed by atoms with van der Waals surface area (Å²) >= 11 is 1.00. The molecule has 1 aliphatic heterocycles. The summed E-state index contributed by atoms with van der Waals surface area (Å²) in [5.74, 6) is 0. The average molecular weight is 491 g/mol. The van der Waals surface area contributed by atoms with Gasteiger partial charge in [0, 0.05) is 12.7 Å². The fourth-order valence-corrected chi connectivity index (χ4v) is 5.50. The molecule has 1 saturated heterocycles. The molecular weight excluding hydrogens is 468 g/mol. The maximum absolute atomic E-state index is 12.9. The fraction of sp³-hybridized carbons (Fsp3) is 0.350. The van der Waals surface area contributed by atoms with Gasteiger partial charge in [0.1, 0.15) is 0 Å². The summed E-state index contributed by atoms with van der Waals surface area (Å²) in [6, 6.07) is 9.06. The lowest BCUT2D eigenvalue weighted by atomic mass is 10.1. The van der Waals surface area contributed by atoms with Crippen LogP contribution in [-0.4, -0.2) is 46.3 Å². The van der Waals surface area contributed by atoms with Crippen molar-refractivity contribution in [2.75, 3.05) is 11.3 Å². The lowest BCUT2D eigenvalue weighted by Crippen LogP contribution is -2.17. The van der Waals surface area contributed by atoms with Gasteiger partial charge >= 0.3 is 0 Å². The van der Waals surface area contributed by atoms with E-state index in [1.54, 1.807) is 19.1 Å². The molecule has 0 spiro atoms. The van der Waals surface area contributed by atoms with Crippen molar-refractivity contribution in [3.63, 3.8) is 0 Å². The lowest BCUT2D eigenvalue weighted by molar-refractivity contribution is -0.388. The number of sulfonamides is 1. The third-order valence-corrected chi connectivity index (χ3v) is 7.57. The molecule has 0 bridgehead atoms. The number of tetrazole rings is 1. The van der Waals surface area contributed by atoms with Crippen LogP contribution in [0, 0.1) is 24.0 Å². The van der Waals surface area contributed by atoms with E-state index >= 15 is 0 Å². The topological polar surface area (TPSA) is 142 Å². The Bertz CT molecular complexity index is 1290. The number of rotatable bonds is 8. The number of hydrogen-bond acceptors (Lipinski definition) is 9. The van der Waals surface area contributed by atoms with Crippen molar-refractivity contribution in [3.05, 3.63) is 57.6 Å². The van der Waals surface area contributed by atoms with Crippen LogP contribution in [0.3, 0.4) is 0 Å². The smallest absolute Gasteiger partial charge is 0.284 e. The zero-order chi connectivity index (χ0) is 23.6. The predicted octanol–water partition coefficient (Wildman–Crippen LogP) is 3.33. The van der Waals surface area contributed by atoms with Crippen molar-refractivity contribution in [1.29, 1.82) is 0 Å². The molecule has 1 atom stereocenters. The first-order valence-electron chi connectivity index (χ1n) is 10.2. The van der Waals surface area contributed by atoms with E-state index in [1.165, 1.54) is 16.8 Å². The largest absolute Gasteiger partial charge is 0.376 e. The van der Waals surface area contributed by atoms with Crippen molar-refractivity contribution in [1.82, 2.24) is 20.2 Å². The maximum Gasteiger partial charge on any atom is 0.284 e. The molecule has 1 unspecified atom stereocenters. The normalized spacial score (nSPS) is 16.1. The van der Waals surface area contributed by atoms with Gasteiger partial charge in [-0.05, 0) is 72.6 Å². The van der Waals surface area contributed by atoms with Crippen LogP contribution < -0.4 is 4.72 Å². The number of aromatic nitrogens is 4. The molecule has 1 fully saturated rings. The fourth-order valence-electron chi connectivity index (χ4n) is 3.49. The summed E-state index contributed by atoms with van der Waals surface area (Å²) in [6.45, 7) is 4.82. The summed E-state index contributed by atoms with van der Waals surface area (Å²) in [6.07, 6.45) is 1.85. The highest BCUT2D eigenvalue weighted by Gasteiger charge is 2.25. The number of aryl methyl sites for hydroxylation is 2. The van der Waals surface area contributed by atoms with Gasteiger partial charge < -0.3 is 4.74 Å². The number of ether oxygens (including phenoxy) is 1. The molecule has 1 aromatic heterocycles. The van der Waals surface area contributed by atoms with E-state index in [0.717, 1.165) is 41.8 Å². The Morgan fingerprint density at radius 1 is 1.27 bits per heavy atom. The van der Waals surface area contributed by atoms with Crippen LogP contribution in [0.1, 0.15) is 24.0 Å². The molecule has 2 heterocycles. The van der Waals surface area contributed by atoms with Crippen molar-refractivity contribution in [3.8, 4) is 0 Å². The Morgan fingerprint density at radius 3 is 2.79 bits per heavy atom. The Morgan fingerprint density at radius 2 is 2.09 bits per heavy atom. The number of anilines is 1. The van der Waals surface area contributed by atoms with Gasteiger partial charge in [-0.3, -0.25) is 14.8 Å². The van der Waals surface area contributed by atoms with Crippen molar-refractivity contribution < 1.29 is 18.1 Å². The van der Waals surface area contributed by atoms with Crippen molar-refractivity contribution in [2.24, 2.45) is 0 Å². The molecule has 1 aliphatic rings. The van der Waals surface area contributed by atoms with Gasteiger partial charge in [0.15, 0.2) is 0 Å². The number of hydrogen-bond donors (Lipinski definition) is 1. The summed E-state index contributed by atoms with van der Waals surface area (Å²) in [5, 5.41) is 23.7. The van der Waals surface area contributed by atoms with Crippen LogP contribution in [0.4, 0.5) is 11.4 Å². The first-order chi connectivity index (χ1) is 15.7.